The molecule has 132 valence electrons. The number of hydrogen-bond acceptors (Lipinski definition) is 3. The van der Waals surface area contributed by atoms with Crippen LogP contribution in [0.2, 0.25) is 5.02 Å². The van der Waals surface area contributed by atoms with Gasteiger partial charge in [0.1, 0.15) is 5.82 Å². The monoisotopic (exact) mass is 437 g/mol. The van der Waals surface area contributed by atoms with Gasteiger partial charge in [0.15, 0.2) is 5.65 Å². The normalized spacial score (nSPS) is 10.7. The Kier molecular flexibility index (Phi) is 4.88. The molecule has 0 unspecified atom stereocenters. The summed E-state index contributed by atoms with van der Waals surface area (Å²) < 4.78 is 0.843. The van der Waals surface area contributed by atoms with Crippen molar-refractivity contribution in [2.24, 2.45) is 0 Å². The number of carbonyl (C=O) groups is 1. The van der Waals surface area contributed by atoms with E-state index in [2.05, 4.69) is 31.2 Å². The molecule has 6 heteroatoms. The number of nitrogens with zero attached hydrogens (tertiary/aromatic N) is 2. The molecule has 0 aliphatic rings. The van der Waals surface area contributed by atoms with E-state index >= 15 is 0 Å². The molecule has 27 heavy (non-hydrogen) atoms. The number of pyridine rings is 2. The Hall–Kier alpha value is -2.76. The summed E-state index contributed by atoms with van der Waals surface area (Å²) in [4.78, 5) is 21.5. The maximum atomic E-state index is 12.4. The summed E-state index contributed by atoms with van der Waals surface area (Å²) in [6.45, 7) is 0. The Labute approximate surface area is 169 Å². The number of aromatic nitrogens is 2. The number of anilines is 1. The minimum Gasteiger partial charge on any atom is -0.306 e. The Morgan fingerprint density at radius 2 is 1.70 bits per heavy atom. The molecule has 0 saturated carbocycles. The highest BCUT2D eigenvalue weighted by Crippen LogP contribution is 2.23. The van der Waals surface area contributed by atoms with E-state index < -0.39 is 0 Å². The molecule has 1 amide bonds. The van der Waals surface area contributed by atoms with Gasteiger partial charge in [-0.05, 0) is 54.6 Å². The van der Waals surface area contributed by atoms with Crippen LogP contribution in [0.3, 0.4) is 0 Å². The van der Waals surface area contributed by atoms with E-state index in [1.54, 1.807) is 18.2 Å². The summed E-state index contributed by atoms with van der Waals surface area (Å²) in [5, 5.41) is 4.39. The highest BCUT2D eigenvalue weighted by molar-refractivity contribution is 9.10. The van der Waals surface area contributed by atoms with Crippen LogP contribution in [0.4, 0.5) is 5.82 Å². The summed E-state index contributed by atoms with van der Waals surface area (Å²) in [5.74, 6) is 0.227. The fourth-order valence-corrected chi connectivity index (χ4v) is 3.19. The first-order chi connectivity index (χ1) is 13.1. The van der Waals surface area contributed by atoms with Crippen LogP contribution in [0.15, 0.2) is 77.3 Å². The maximum Gasteiger partial charge on any atom is 0.256 e. The lowest BCUT2D eigenvalue weighted by Gasteiger charge is -2.07. The Morgan fingerprint density at radius 3 is 2.48 bits per heavy atom. The van der Waals surface area contributed by atoms with Gasteiger partial charge in [-0.2, -0.15) is 0 Å². The van der Waals surface area contributed by atoms with E-state index in [-0.39, 0.29) is 5.91 Å². The van der Waals surface area contributed by atoms with Gasteiger partial charge in [0.2, 0.25) is 0 Å². The third-order valence-electron chi connectivity index (χ3n) is 4.02. The van der Waals surface area contributed by atoms with Crippen LogP contribution in [0.1, 0.15) is 10.4 Å². The molecular formula is C21H13BrClN3O. The molecule has 0 bridgehead atoms. The molecule has 0 spiro atoms. The Balaban J connectivity index is 1.64. The molecule has 4 aromatic rings. The zero-order valence-corrected chi connectivity index (χ0v) is 16.3. The summed E-state index contributed by atoms with van der Waals surface area (Å²) in [6.07, 6.45) is 0. The minimum absolute atomic E-state index is 0.225. The number of hydrogen-bond donors (Lipinski definition) is 1. The zero-order valence-electron chi connectivity index (χ0n) is 14.0. The van der Waals surface area contributed by atoms with Crippen molar-refractivity contribution in [3.63, 3.8) is 0 Å². The highest BCUT2D eigenvalue weighted by atomic mass is 79.9. The molecule has 0 fully saturated rings. The van der Waals surface area contributed by atoms with E-state index in [1.807, 2.05) is 54.6 Å². The molecule has 0 aliphatic carbocycles. The average molecular weight is 439 g/mol. The van der Waals surface area contributed by atoms with Crippen molar-refractivity contribution in [3.8, 4) is 11.3 Å². The first-order valence-corrected chi connectivity index (χ1v) is 9.36. The van der Waals surface area contributed by atoms with E-state index in [0.717, 1.165) is 21.1 Å². The van der Waals surface area contributed by atoms with Gasteiger partial charge in [-0.1, -0.05) is 45.7 Å². The van der Waals surface area contributed by atoms with Crippen molar-refractivity contribution < 1.29 is 4.79 Å². The van der Waals surface area contributed by atoms with Crippen LogP contribution < -0.4 is 5.32 Å². The number of rotatable bonds is 3. The number of benzene rings is 2. The van der Waals surface area contributed by atoms with Crippen LogP contribution in [0.25, 0.3) is 22.3 Å². The molecule has 4 nitrogen and oxygen atoms in total. The molecule has 1 N–H and O–H groups in total. The number of halogens is 2. The second-order valence-corrected chi connectivity index (χ2v) is 7.26. The van der Waals surface area contributed by atoms with E-state index in [9.17, 15) is 4.79 Å². The van der Waals surface area contributed by atoms with E-state index in [4.69, 9.17) is 11.6 Å². The van der Waals surface area contributed by atoms with E-state index in [0.29, 0.717) is 22.1 Å². The molecular weight excluding hydrogens is 426 g/mol. The highest BCUT2D eigenvalue weighted by Gasteiger charge is 2.09. The van der Waals surface area contributed by atoms with Crippen molar-refractivity contribution in [3.05, 3.63) is 87.9 Å². The van der Waals surface area contributed by atoms with Crippen LogP contribution in [-0.2, 0) is 0 Å². The topological polar surface area (TPSA) is 54.9 Å². The van der Waals surface area contributed by atoms with E-state index in [1.165, 1.54) is 0 Å². The molecule has 4 rings (SSSR count). The van der Waals surface area contributed by atoms with Gasteiger partial charge in [0.05, 0.1) is 5.69 Å². The SMILES string of the molecule is O=C(Nc1ccc2ccc(-c3ccc(Cl)cc3)nc2n1)c1cccc(Br)c1. The predicted molar refractivity (Wildman–Crippen MR) is 112 cm³/mol. The van der Waals surface area contributed by atoms with Crippen molar-refractivity contribution in [2.45, 2.75) is 0 Å². The molecule has 2 aromatic carbocycles. The summed E-state index contributed by atoms with van der Waals surface area (Å²) in [7, 11) is 0. The number of fused-ring (bicyclic) bond motifs is 1. The lowest BCUT2D eigenvalue weighted by Crippen LogP contribution is -2.13. The zero-order chi connectivity index (χ0) is 18.8. The molecule has 0 atom stereocenters. The van der Waals surface area contributed by atoms with Crippen LogP contribution in [0, 0.1) is 0 Å². The standard InChI is InChI=1S/C21H13BrClN3O/c22-16-3-1-2-15(12-16)21(27)26-19-11-7-14-6-10-18(24-20(14)25-19)13-4-8-17(23)9-5-13/h1-12H,(H,24,25,26,27). The molecule has 2 heterocycles. The van der Waals surface area contributed by atoms with Crippen LogP contribution in [-0.4, -0.2) is 15.9 Å². The lowest BCUT2D eigenvalue weighted by molar-refractivity contribution is 0.102. The van der Waals surface area contributed by atoms with Crippen molar-refractivity contribution in [1.29, 1.82) is 0 Å². The molecule has 0 saturated heterocycles. The third-order valence-corrected chi connectivity index (χ3v) is 4.77. The number of amides is 1. The Bertz CT molecular complexity index is 1150. The lowest BCUT2D eigenvalue weighted by atomic mass is 10.1. The average Bonchev–Trinajstić information content (AvgIpc) is 2.68. The van der Waals surface area contributed by atoms with Gasteiger partial charge in [0, 0.05) is 26.0 Å². The van der Waals surface area contributed by atoms with Gasteiger partial charge in [-0.25, -0.2) is 9.97 Å². The van der Waals surface area contributed by atoms with Gasteiger partial charge in [0.25, 0.3) is 5.91 Å². The fraction of sp³-hybridized carbons (Fsp3) is 0. The predicted octanol–water partition coefficient (Wildman–Crippen LogP) is 5.97. The molecule has 2 aromatic heterocycles. The van der Waals surface area contributed by atoms with Gasteiger partial charge < -0.3 is 5.32 Å². The minimum atomic E-state index is -0.225. The molecule has 0 radical (unpaired) electrons. The maximum absolute atomic E-state index is 12.4. The molecule has 0 aliphatic heterocycles. The summed E-state index contributed by atoms with van der Waals surface area (Å²) in [5.41, 5.74) is 2.86. The summed E-state index contributed by atoms with van der Waals surface area (Å²) >= 11 is 9.32. The van der Waals surface area contributed by atoms with Crippen LogP contribution in [0.5, 0.6) is 0 Å². The van der Waals surface area contributed by atoms with Crippen molar-refractivity contribution in [2.75, 3.05) is 5.32 Å². The quantitative estimate of drug-likeness (QED) is 0.429. The number of carbonyl (C=O) groups excluding carboxylic acids is 1. The van der Waals surface area contributed by atoms with Gasteiger partial charge in [-0.15, -0.1) is 0 Å². The second kappa shape index (κ2) is 7.47. The van der Waals surface area contributed by atoms with Gasteiger partial charge in [-0.3, -0.25) is 4.79 Å². The smallest absolute Gasteiger partial charge is 0.256 e. The van der Waals surface area contributed by atoms with Gasteiger partial charge >= 0.3 is 0 Å². The first-order valence-electron chi connectivity index (χ1n) is 8.19. The first kappa shape index (κ1) is 17.6. The third kappa shape index (κ3) is 3.99. The van der Waals surface area contributed by atoms with Crippen LogP contribution >= 0.6 is 27.5 Å². The fourth-order valence-electron chi connectivity index (χ4n) is 2.67. The largest absolute Gasteiger partial charge is 0.306 e. The van der Waals surface area contributed by atoms with Crippen molar-refractivity contribution >= 4 is 50.3 Å². The summed E-state index contributed by atoms with van der Waals surface area (Å²) in [6, 6.07) is 22.2. The number of nitrogens with one attached hydrogen (secondary N) is 1. The Morgan fingerprint density at radius 1 is 0.926 bits per heavy atom. The van der Waals surface area contributed by atoms with Crippen molar-refractivity contribution in [1.82, 2.24) is 9.97 Å². The second-order valence-electron chi connectivity index (χ2n) is 5.91.